The molecular weight excluding hydrogens is 376 g/mol. The van der Waals surface area contributed by atoms with Crippen molar-refractivity contribution in [1.82, 2.24) is 10.6 Å². The Morgan fingerprint density at radius 1 is 1.32 bits per heavy atom. The number of ether oxygens (including phenoxy) is 1. The van der Waals surface area contributed by atoms with Crippen molar-refractivity contribution < 1.29 is 14.6 Å². The summed E-state index contributed by atoms with van der Waals surface area (Å²) >= 11 is 1.64. The molecule has 8 heteroatoms. The summed E-state index contributed by atoms with van der Waals surface area (Å²) in [5.74, 6) is 2.22. The topological polar surface area (TPSA) is 107 Å². The Balaban J connectivity index is 1.81. The van der Waals surface area contributed by atoms with Crippen molar-refractivity contribution in [3.63, 3.8) is 0 Å². The second kappa shape index (κ2) is 10.7. The number of carbonyl (C=O) groups is 1. The summed E-state index contributed by atoms with van der Waals surface area (Å²) in [6.45, 7) is 5.51. The summed E-state index contributed by atoms with van der Waals surface area (Å²) in [5, 5.41) is 23.3. The number of amidine groups is 1. The lowest BCUT2D eigenvalue weighted by atomic mass is 9.98. The fourth-order valence-electron chi connectivity index (χ4n) is 3.02. The molecule has 0 aromatic rings. The minimum Gasteiger partial charge on any atom is -0.512 e. The van der Waals surface area contributed by atoms with E-state index in [0.29, 0.717) is 24.5 Å². The van der Waals surface area contributed by atoms with E-state index in [1.54, 1.807) is 31.0 Å². The molecule has 1 saturated heterocycles. The van der Waals surface area contributed by atoms with Crippen molar-refractivity contribution in [2.75, 3.05) is 26.0 Å². The summed E-state index contributed by atoms with van der Waals surface area (Å²) in [5.41, 5.74) is 0.762. The number of aliphatic imine (C=N–C) groups is 1. The molecule has 2 rings (SSSR count). The molecule has 1 fully saturated rings. The van der Waals surface area contributed by atoms with Crippen molar-refractivity contribution >= 4 is 29.5 Å². The van der Waals surface area contributed by atoms with Crippen LogP contribution in [-0.2, 0) is 9.53 Å². The van der Waals surface area contributed by atoms with Gasteiger partial charge in [0.05, 0.1) is 10.5 Å². The largest absolute Gasteiger partial charge is 0.512 e. The third-order valence-electron chi connectivity index (χ3n) is 5.02. The zero-order chi connectivity index (χ0) is 20.6. The molecule has 1 amide bonds. The standard InChI is InChI=1S/C20H32N4O3S/c1-20(2,28-13-10-14-8-11-27-12-9-14)18(26)24-19(22-3)23-17(21)15-4-6-16(25)7-5-15/h4,6,14,25H,5,7-13H2,1-3H3,(H3,21,22,23,24,26). The number of amides is 1. The third-order valence-corrected chi connectivity index (χ3v) is 6.37. The zero-order valence-corrected chi connectivity index (χ0v) is 17.8. The Morgan fingerprint density at radius 2 is 2.04 bits per heavy atom. The molecule has 1 aliphatic carbocycles. The van der Waals surface area contributed by atoms with Gasteiger partial charge in [-0.3, -0.25) is 20.5 Å². The minimum atomic E-state index is -0.594. The van der Waals surface area contributed by atoms with E-state index in [4.69, 9.17) is 10.1 Å². The molecule has 156 valence electrons. The number of aliphatic hydroxyl groups excluding tert-OH is 1. The van der Waals surface area contributed by atoms with Gasteiger partial charge >= 0.3 is 0 Å². The van der Waals surface area contributed by atoms with Crippen molar-refractivity contribution in [2.45, 2.75) is 50.7 Å². The van der Waals surface area contributed by atoms with Gasteiger partial charge in [-0.1, -0.05) is 6.08 Å². The van der Waals surface area contributed by atoms with Crippen LogP contribution in [0.3, 0.4) is 0 Å². The number of nitrogens with one attached hydrogen (secondary N) is 3. The number of hydrogen-bond acceptors (Lipinski definition) is 6. The van der Waals surface area contributed by atoms with Gasteiger partial charge in [0.15, 0.2) is 0 Å². The van der Waals surface area contributed by atoms with Gasteiger partial charge in [0.2, 0.25) is 11.9 Å². The van der Waals surface area contributed by atoms with E-state index in [-0.39, 0.29) is 17.7 Å². The van der Waals surface area contributed by atoms with Crippen LogP contribution in [0.2, 0.25) is 0 Å². The molecule has 0 aromatic heterocycles. The predicted octanol–water partition coefficient (Wildman–Crippen LogP) is 3.15. The number of carbonyl (C=O) groups excluding carboxylic acids is 1. The van der Waals surface area contributed by atoms with E-state index in [1.165, 1.54) is 0 Å². The van der Waals surface area contributed by atoms with Crippen LogP contribution < -0.4 is 10.6 Å². The summed E-state index contributed by atoms with van der Waals surface area (Å²) in [6, 6.07) is 0. The first kappa shape index (κ1) is 22.5. The van der Waals surface area contributed by atoms with E-state index in [0.717, 1.165) is 43.8 Å². The second-order valence-corrected chi connectivity index (χ2v) is 9.30. The van der Waals surface area contributed by atoms with Crippen LogP contribution in [0.25, 0.3) is 0 Å². The first-order valence-electron chi connectivity index (χ1n) is 9.76. The number of aliphatic hydroxyl groups is 1. The van der Waals surface area contributed by atoms with Crippen LogP contribution in [0.1, 0.15) is 46.0 Å². The molecular formula is C20H32N4O3S. The average molecular weight is 409 g/mol. The number of guanidine groups is 1. The molecule has 4 N–H and O–H groups in total. The van der Waals surface area contributed by atoms with E-state index in [9.17, 15) is 9.90 Å². The van der Waals surface area contributed by atoms with Crippen LogP contribution in [0.4, 0.5) is 0 Å². The van der Waals surface area contributed by atoms with Crippen LogP contribution in [0.15, 0.2) is 28.5 Å². The van der Waals surface area contributed by atoms with E-state index >= 15 is 0 Å². The molecule has 2 aliphatic rings. The molecule has 7 nitrogen and oxygen atoms in total. The van der Waals surface area contributed by atoms with Crippen LogP contribution >= 0.6 is 11.8 Å². The van der Waals surface area contributed by atoms with E-state index in [2.05, 4.69) is 15.6 Å². The summed E-state index contributed by atoms with van der Waals surface area (Å²) in [6.07, 6.45) is 7.69. The average Bonchev–Trinajstić information content (AvgIpc) is 2.68. The lowest BCUT2D eigenvalue weighted by Crippen LogP contribution is -2.50. The lowest BCUT2D eigenvalue weighted by Gasteiger charge is -2.26. The maximum Gasteiger partial charge on any atom is 0.242 e. The number of nitrogens with zero attached hydrogens (tertiary/aromatic N) is 1. The van der Waals surface area contributed by atoms with Crippen molar-refractivity contribution in [3.8, 4) is 0 Å². The molecule has 0 saturated carbocycles. The SMILES string of the molecule is CN=C(NC(=N)C1=CC=C(O)CC1)NC(=O)C(C)(C)SCCC1CCOCC1. The molecule has 0 atom stereocenters. The van der Waals surface area contributed by atoms with Gasteiger partial charge < -0.3 is 15.2 Å². The maximum atomic E-state index is 12.7. The van der Waals surface area contributed by atoms with Crippen molar-refractivity contribution in [2.24, 2.45) is 10.9 Å². The van der Waals surface area contributed by atoms with Crippen LogP contribution in [0.5, 0.6) is 0 Å². The molecule has 0 radical (unpaired) electrons. The third kappa shape index (κ3) is 6.98. The molecule has 0 bridgehead atoms. The second-order valence-electron chi connectivity index (χ2n) is 7.58. The van der Waals surface area contributed by atoms with Crippen molar-refractivity contribution in [1.29, 1.82) is 5.41 Å². The highest BCUT2D eigenvalue weighted by molar-refractivity contribution is 8.01. The first-order chi connectivity index (χ1) is 13.3. The fraction of sp³-hybridized carbons (Fsp3) is 0.650. The lowest BCUT2D eigenvalue weighted by molar-refractivity contribution is -0.121. The number of thioether (sulfide) groups is 1. The predicted molar refractivity (Wildman–Crippen MR) is 115 cm³/mol. The number of allylic oxidation sites excluding steroid dienone is 3. The summed E-state index contributed by atoms with van der Waals surface area (Å²) < 4.78 is 4.80. The van der Waals surface area contributed by atoms with Crippen LogP contribution in [-0.4, -0.2) is 53.6 Å². The monoisotopic (exact) mass is 408 g/mol. The molecule has 28 heavy (non-hydrogen) atoms. The van der Waals surface area contributed by atoms with Gasteiger partial charge in [0.25, 0.3) is 0 Å². The molecule has 0 unspecified atom stereocenters. The molecule has 1 aliphatic heterocycles. The molecule has 1 heterocycles. The zero-order valence-electron chi connectivity index (χ0n) is 17.0. The van der Waals surface area contributed by atoms with Gasteiger partial charge in [-0.2, -0.15) is 0 Å². The molecule has 0 aromatic carbocycles. The van der Waals surface area contributed by atoms with E-state index < -0.39 is 4.75 Å². The highest BCUT2D eigenvalue weighted by Gasteiger charge is 2.29. The fourth-order valence-corrected chi connectivity index (χ4v) is 4.16. The normalized spacial score (nSPS) is 18.9. The van der Waals surface area contributed by atoms with Crippen molar-refractivity contribution in [3.05, 3.63) is 23.5 Å². The summed E-state index contributed by atoms with van der Waals surface area (Å²) in [4.78, 5) is 16.8. The highest BCUT2D eigenvalue weighted by atomic mass is 32.2. The Labute approximate surface area is 171 Å². The first-order valence-corrected chi connectivity index (χ1v) is 10.7. The quantitative estimate of drug-likeness (QED) is 0.399. The van der Waals surface area contributed by atoms with E-state index in [1.807, 2.05) is 13.8 Å². The Bertz CT molecular complexity index is 664. The molecule has 0 spiro atoms. The highest BCUT2D eigenvalue weighted by Crippen LogP contribution is 2.28. The minimum absolute atomic E-state index is 0.138. The number of hydrogen-bond donors (Lipinski definition) is 4. The Morgan fingerprint density at radius 3 is 2.64 bits per heavy atom. The summed E-state index contributed by atoms with van der Waals surface area (Å²) in [7, 11) is 1.57. The Kier molecular flexibility index (Phi) is 8.57. The number of rotatable bonds is 6. The van der Waals surface area contributed by atoms with Gasteiger partial charge in [-0.25, -0.2) is 0 Å². The smallest absolute Gasteiger partial charge is 0.242 e. The van der Waals surface area contributed by atoms with Gasteiger partial charge in [0, 0.05) is 26.7 Å². The van der Waals surface area contributed by atoms with Gasteiger partial charge in [0.1, 0.15) is 5.84 Å². The van der Waals surface area contributed by atoms with Crippen LogP contribution in [0, 0.1) is 11.3 Å². The van der Waals surface area contributed by atoms with Gasteiger partial charge in [-0.05, 0) is 62.9 Å². The maximum absolute atomic E-state index is 12.7. The van der Waals surface area contributed by atoms with Gasteiger partial charge in [-0.15, -0.1) is 11.8 Å². The Hall–Kier alpha value is -1.80.